The van der Waals surface area contributed by atoms with E-state index in [0.717, 1.165) is 18.4 Å². The van der Waals surface area contributed by atoms with E-state index in [1.165, 1.54) is 6.42 Å². The summed E-state index contributed by atoms with van der Waals surface area (Å²) in [4.78, 5) is 23.5. The second-order valence-electron chi connectivity index (χ2n) is 7.43. The van der Waals surface area contributed by atoms with Crippen LogP contribution < -0.4 is 11.2 Å². The van der Waals surface area contributed by atoms with E-state index in [4.69, 9.17) is 10.5 Å². The van der Waals surface area contributed by atoms with Gasteiger partial charge in [0, 0.05) is 0 Å². The summed E-state index contributed by atoms with van der Waals surface area (Å²) in [5, 5.41) is 3.99. The first-order chi connectivity index (χ1) is 12.4. The maximum Gasteiger partial charge on any atom is 0.332 e. The topological polar surface area (TPSA) is 93.8 Å². The van der Waals surface area contributed by atoms with Gasteiger partial charge < -0.3 is 10.5 Å². The Morgan fingerprint density at radius 1 is 1.27 bits per heavy atom. The molecule has 0 aliphatic heterocycles. The fraction of sp³-hybridized carbons (Fsp3) is 0.550. The molecule has 3 N–H and O–H groups in total. The molecule has 1 aromatic carbocycles. The van der Waals surface area contributed by atoms with Crippen LogP contribution in [0.3, 0.4) is 0 Å². The number of hydrogen-bond acceptors (Lipinski definition) is 4. The Morgan fingerprint density at radius 2 is 1.96 bits per heavy atom. The van der Waals surface area contributed by atoms with E-state index in [1.807, 2.05) is 30.3 Å². The van der Waals surface area contributed by atoms with Gasteiger partial charge in [-0.3, -0.25) is 4.79 Å². The highest BCUT2D eigenvalue weighted by molar-refractivity contribution is 6.09. The van der Waals surface area contributed by atoms with Gasteiger partial charge in [-0.25, -0.2) is 10.2 Å². The quantitative estimate of drug-likeness (QED) is 0.463. The molecule has 0 spiro atoms. The molecule has 2 amide bonds. The van der Waals surface area contributed by atoms with Crippen LogP contribution in [-0.2, 0) is 9.53 Å². The van der Waals surface area contributed by atoms with Crippen molar-refractivity contribution in [2.75, 3.05) is 0 Å². The third-order valence-electron chi connectivity index (χ3n) is 4.96. The summed E-state index contributed by atoms with van der Waals surface area (Å²) in [6.45, 7) is 6.55. The number of amides is 2. The van der Waals surface area contributed by atoms with Crippen LogP contribution >= 0.6 is 0 Å². The Labute approximate surface area is 155 Å². The van der Waals surface area contributed by atoms with Crippen LogP contribution in [0.15, 0.2) is 35.4 Å². The molecule has 0 unspecified atom stereocenters. The normalized spacial score (nSPS) is 23.5. The maximum atomic E-state index is 12.6. The fourth-order valence-corrected chi connectivity index (χ4v) is 3.56. The predicted octanol–water partition coefficient (Wildman–Crippen LogP) is 3.45. The molecule has 1 aliphatic rings. The van der Waals surface area contributed by atoms with Crippen LogP contribution in [0.25, 0.3) is 0 Å². The summed E-state index contributed by atoms with van der Waals surface area (Å²) >= 11 is 0. The molecule has 1 aromatic rings. The first-order valence-electron chi connectivity index (χ1n) is 9.23. The van der Waals surface area contributed by atoms with Gasteiger partial charge in [0.2, 0.25) is 0 Å². The van der Waals surface area contributed by atoms with Crippen molar-refractivity contribution in [2.24, 2.45) is 28.6 Å². The molecule has 26 heavy (non-hydrogen) atoms. The van der Waals surface area contributed by atoms with Crippen LogP contribution in [0.1, 0.15) is 52.0 Å². The number of hydrogen-bond donors (Lipinski definition) is 2. The van der Waals surface area contributed by atoms with Gasteiger partial charge in [-0.05, 0) is 36.2 Å². The number of ether oxygens (including phenoxy) is 1. The summed E-state index contributed by atoms with van der Waals surface area (Å²) in [6, 6.07) is 8.45. The molecule has 0 heterocycles. The lowest BCUT2D eigenvalue weighted by atomic mass is 9.75. The second kappa shape index (κ2) is 9.36. The molecule has 0 bridgehead atoms. The molecule has 1 aliphatic carbocycles. The van der Waals surface area contributed by atoms with Gasteiger partial charge in [-0.15, -0.1) is 0 Å². The third kappa shape index (κ3) is 5.86. The Kier molecular flexibility index (Phi) is 7.18. The molecular formula is C20H29N3O3. The van der Waals surface area contributed by atoms with Gasteiger partial charge in [-0.2, -0.15) is 5.10 Å². The molecule has 6 nitrogen and oxygen atoms in total. The Bertz CT molecular complexity index is 643. The first kappa shape index (κ1) is 19.9. The van der Waals surface area contributed by atoms with Gasteiger partial charge in [0.1, 0.15) is 6.10 Å². The molecule has 0 saturated heterocycles. The summed E-state index contributed by atoms with van der Waals surface area (Å²) < 4.78 is 5.83. The molecule has 0 aromatic heterocycles. The number of nitrogens with zero attached hydrogens (tertiary/aromatic N) is 1. The van der Waals surface area contributed by atoms with Crippen molar-refractivity contribution in [1.82, 2.24) is 5.43 Å². The van der Waals surface area contributed by atoms with Crippen LogP contribution in [0, 0.1) is 17.8 Å². The molecule has 0 radical (unpaired) electrons. The average molecular weight is 359 g/mol. The lowest BCUT2D eigenvalue weighted by Gasteiger charge is -2.36. The van der Waals surface area contributed by atoms with Gasteiger partial charge >= 0.3 is 12.0 Å². The van der Waals surface area contributed by atoms with Crippen LogP contribution in [-0.4, -0.2) is 23.8 Å². The minimum atomic E-state index is -0.771. The van der Waals surface area contributed by atoms with Crippen molar-refractivity contribution in [2.45, 2.75) is 52.6 Å². The van der Waals surface area contributed by atoms with Gasteiger partial charge in [0.25, 0.3) is 0 Å². The number of primary amides is 1. The highest BCUT2D eigenvalue weighted by Crippen LogP contribution is 2.35. The summed E-state index contributed by atoms with van der Waals surface area (Å²) in [5.74, 6) is 1.08. The van der Waals surface area contributed by atoms with Crippen molar-refractivity contribution in [1.29, 1.82) is 0 Å². The average Bonchev–Trinajstić information content (AvgIpc) is 2.59. The molecule has 6 heteroatoms. The lowest BCUT2D eigenvalue weighted by Crippen LogP contribution is -2.36. The van der Waals surface area contributed by atoms with E-state index in [2.05, 4.69) is 31.3 Å². The molecule has 142 valence electrons. The fourth-order valence-electron chi connectivity index (χ4n) is 3.56. The Morgan fingerprint density at radius 3 is 2.58 bits per heavy atom. The van der Waals surface area contributed by atoms with E-state index in [1.54, 1.807) is 0 Å². The number of hydrazone groups is 1. The zero-order valence-electron chi connectivity index (χ0n) is 15.8. The third-order valence-corrected chi connectivity index (χ3v) is 4.96. The highest BCUT2D eigenvalue weighted by Gasteiger charge is 2.33. The zero-order chi connectivity index (χ0) is 19.1. The van der Waals surface area contributed by atoms with E-state index in [9.17, 15) is 9.59 Å². The molecule has 1 fully saturated rings. The number of urea groups is 1. The van der Waals surface area contributed by atoms with Crippen LogP contribution in [0.4, 0.5) is 4.79 Å². The smallest absolute Gasteiger partial charge is 0.332 e. The molecule has 2 rings (SSSR count). The van der Waals surface area contributed by atoms with E-state index >= 15 is 0 Å². The zero-order valence-corrected chi connectivity index (χ0v) is 15.8. The molecular weight excluding hydrogens is 330 g/mol. The monoisotopic (exact) mass is 359 g/mol. The largest absolute Gasteiger partial charge is 0.462 e. The second-order valence-corrected chi connectivity index (χ2v) is 7.43. The SMILES string of the molecule is CC(C)[C@H]1CC[C@@H](C)C[C@@H]1OC(=O)C/C(=N\NC(N)=O)c1ccccc1. The first-order valence-corrected chi connectivity index (χ1v) is 9.23. The van der Waals surface area contributed by atoms with E-state index in [-0.39, 0.29) is 18.5 Å². The van der Waals surface area contributed by atoms with Gasteiger partial charge in [0.15, 0.2) is 0 Å². The number of benzene rings is 1. The van der Waals surface area contributed by atoms with Gasteiger partial charge in [-0.1, -0.05) is 57.5 Å². The minimum Gasteiger partial charge on any atom is -0.462 e. The number of rotatable bonds is 6. The van der Waals surface area contributed by atoms with Crippen molar-refractivity contribution >= 4 is 17.7 Å². The Hall–Kier alpha value is -2.37. The minimum absolute atomic E-state index is 0.0139. The van der Waals surface area contributed by atoms with Gasteiger partial charge in [0.05, 0.1) is 12.1 Å². The molecule has 3 atom stereocenters. The number of nitrogens with one attached hydrogen (secondary N) is 1. The number of carbonyl (C=O) groups is 2. The van der Waals surface area contributed by atoms with E-state index in [0.29, 0.717) is 23.5 Å². The maximum absolute atomic E-state index is 12.6. The lowest BCUT2D eigenvalue weighted by molar-refractivity contribution is -0.154. The Balaban J connectivity index is 2.08. The van der Waals surface area contributed by atoms with Crippen LogP contribution in [0.2, 0.25) is 0 Å². The highest BCUT2D eigenvalue weighted by atomic mass is 16.5. The summed E-state index contributed by atoms with van der Waals surface area (Å²) in [6.07, 6.45) is 3.08. The van der Waals surface area contributed by atoms with Crippen molar-refractivity contribution in [3.05, 3.63) is 35.9 Å². The summed E-state index contributed by atoms with van der Waals surface area (Å²) in [7, 11) is 0. The number of esters is 1. The van der Waals surface area contributed by atoms with Crippen LogP contribution in [0.5, 0.6) is 0 Å². The van der Waals surface area contributed by atoms with Crippen molar-refractivity contribution in [3.8, 4) is 0 Å². The number of nitrogens with two attached hydrogens (primary N) is 1. The molecule has 1 saturated carbocycles. The van der Waals surface area contributed by atoms with E-state index < -0.39 is 6.03 Å². The standard InChI is InChI=1S/C20H29N3O3/c1-13(2)16-10-9-14(3)11-18(16)26-19(24)12-17(22-23-20(21)25)15-7-5-4-6-8-15/h4-8,13-14,16,18H,9-12H2,1-3H3,(H3,21,23,25)/b22-17+/t14-,16-,18+/m1/s1. The summed E-state index contributed by atoms with van der Waals surface area (Å²) in [5.41, 5.74) is 8.47. The van der Waals surface area contributed by atoms with Crippen molar-refractivity contribution in [3.63, 3.8) is 0 Å². The number of carbonyl (C=O) groups excluding carboxylic acids is 2. The predicted molar refractivity (Wildman–Crippen MR) is 102 cm³/mol. The van der Waals surface area contributed by atoms with Crippen molar-refractivity contribution < 1.29 is 14.3 Å².